The van der Waals surface area contributed by atoms with Gasteiger partial charge in [0, 0.05) is 18.3 Å². The van der Waals surface area contributed by atoms with Crippen molar-refractivity contribution >= 4 is 28.9 Å². The number of aromatic nitrogens is 1. The number of fused-ring (bicyclic) bond motifs is 1. The number of carbonyl (C=O) groups excluding carboxylic acids is 3. The van der Waals surface area contributed by atoms with Crippen LogP contribution in [0.25, 0.3) is 10.9 Å². The molecule has 0 saturated heterocycles. The average Bonchev–Trinajstić information content (AvgIpc) is 3.07. The highest BCUT2D eigenvalue weighted by Crippen LogP contribution is 2.17. The quantitative estimate of drug-likeness (QED) is 0.711. The minimum Gasteiger partial charge on any atom is -0.463 e. The molecule has 2 N–H and O–H groups in total. The maximum absolute atomic E-state index is 12.2. The number of hydrogen-bond donors (Lipinski definition) is 2. The maximum atomic E-state index is 12.2. The number of nitrogens with zero attached hydrogens (tertiary/aromatic N) is 1. The molecule has 148 valence electrons. The summed E-state index contributed by atoms with van der Waals surface area (Å²) in [6.07, 6.45) is 2.09. The molecule has 8 heteroatoms. The van der Waals surface area contributed by atoms with E-state index in [1.807, 2.05) is 41.1 Å². The van der Waals surface area contributed by atoms with Crippen molar-refractivity contribution in [1.29, 1.82) is 0 Å². The molecule has 1 unspecified atom stereocenters. The number of carbonyl (C=O) groups is 3. The van der Waals surface area contributed by atoms with E-state index < -0.39 is 24.0 Å². The summed E-state index contributed by atoms with van der Waals surface area (Å²) in [4.78, 5) is 36.0. The Morgan fingerprint density at radius 1 is 1.18 bits per heavy atom. The first kappa shape index (κ1) is 19.5. The molecule has 2 amide bonds. The number of amides is 2. The van der Waals surface area contributed by atoms with Crippen molar-refractivity contribution in [3.05, 3.63) is 47.8 Å². The van der Waals surface area contributed by atoms with Crippen LogP contribution in [-0.2, 0) is 25.6 Å². The zero-order chi connectivity index (χ0) is 20.1. The molecule has 2 aromatic rings. The van der Waals surface area contributed by atoms with Crippen LogP contribution in [0, 0.1) is 0 Å². The Hall–Kier alpha value is -3.29. The van der Waals surface area contributed by atoms with Crippen molar-refractivity contribution < 1.29 is 23.9 Å². The summed E-state index contributed by atoms with van der Waals surface area (Å²) in [5.41, 5.74) is 1.54. The van der Waals surface area contributed by atoms with Crippen LogP contribution in [0.15, 0.2) is 47.8 Å². The Labute approximate surface area is 162 Å². The van der Waals surface area contributed by atoms with Crippen molar-refractivity contribution in [3.63, 3.8) is 0 Å². The Morgan fingerprint density at radius 2 is 1.96 bits per heavy atom. The second-order valence-corrected chi connectivity index (χ2v) is 6.41. The first-order valence-electron chi connectivity index (χ1n) is 9.16. The zero-order valence-corrected chi connectivity index (χ0v) is 15.9. The molecule has 28 heavy (non-hydrogen) atoms. The van der Waals surface area contributed by atoms with Crippen LogP contribution in [0.3, 0.4) is 0 Å². The van der Waals surface area contributed by atoms with Gasteiger partial charge in [0.1, 0.15) is 6.61 Å². The zero-order valence-electron chi connectivity index (χ0n) is 15.9. The molecule has 1 aliphatic heterocycles. The fourth-order valence-corrected chi connectivity index (χ4v) is 3.17. The largest absolute Gasteiger partial charge is 0.463 e. The van der Waals surface area contributed by atoms with E-state index in [1.54, 1.807) is 13.8 Å². The molecule has 1 aliphatic rings. The van der Waals surface area contributed by atoms with Gasteiger partial charge >= 0.3 is 18.0 Å². The van der Waals surface area contributed by atoms with Gasteiger partial charge in [-0.1, -0.05) is 18.2 Å². The van der Waals surface area contributed by atoms with Gasteiger partial charge in [-0.15, -0.1) is 0 Å². The Morgan fingerprint density at radius 3 is 2.75 bits per heavy atom. The highest BCUT2D eigenvalue weighted by atomic mass is 16.5. The van der Waals surface area contributed by atoms with Crippen molar-refractivity contribution in [2.45, 2.75) is 32.9 Å². The summed E-state index contributed by atoms with van der Waals surface area (Å²) in [5.74, 6) is -0.971. The van der Waals surface area contributed by atoms with E-state index in [0.29, 0.717) is 6.54 Å². The molecule has 1 atom stereocenters. The van der Waals surface area contributed by atoms with Gasteiger partial charge in [-0.25, -0.2) is 9.59 Å². The third-order valence-corrected chi connectivity index (χ3v) is 4.48. The lowest BCUT2D eigenvalue weighted by Crippen LogP contribution is -2.50. The van der Waals surface area contributed by atoms with Gasteiger partial charge in [0.2, 0.25) is 0 Å². The number of para-hydroxylation sites is 1. The summed E-state index contributed by atoms with van der Waals surface area (Å²) in [6.45, 7) is 3.85. The Balaban J connectivity index is 1.62. The number of benzene rings is 1. The van der Waals surface area contributed by atoms with Gasteiger partial charge in [0.05, 0.1) is 30.3 Å². The maximum Gasteiger partial charge on any atom is 0.338 e. The van der Waals surface area contributed by atoms with Crippen LogP contribution in [0.5, 0.6) is 0 Å². The highest BCUT2D eigenvalue weighted by molar-refractivity contribution is 5.94. The average molecular weight is 385 g/mol. The number of nitrogens with one attached hydrogen (secondary N) is 2. The second kappa shape index (κ2) is 8.60. The number of ether oxygens (including phenoxy) is 2. The number of esters is 2. The fourth-order valence-electron chi connectivity index (χ4n) is 3.17. The van der Waals surface area contributed by atoms with Crippen LogP contribution in [-0.4, -0.2) is 41.8 Å². The monoisotopic (exact) mass is 385 g/mol. The van der Waals surface area contributed by atoms with Crippen molar-refractivity contribution in [2.75, 3.05) is 13.2 Å². The molecule has 0 bridgehead atoms. The lowest BCUT2D eigenvalue weighted by molar-refractivity contribution is -0.144. The van der Waals surface area contributed by atoms with Crippen LogP contribution in [0.2, 0.25) is 0 Å². The van der Waals surface area contributed by atoms with Gasteiger partial charge in [-0.3, -0.25) is 4.79 Å². The summed E-state index contributed by atoms with van der Waals surface area (Å²) in [6, 6.07) is 8.91. The van der Waals surface area contributed by atoms with Crippen LogP contribution >= 0.6 is 0 Å². The minimum absolute atomic E-state index is 0.169. The van der Waals surface area contributed by atoms with Crippen molar-refractivity contribution in [3.8, 4) is 0 Å². The van der Waals surface area contributed by atoms with E-state index >= 15 is 0 Å². The fraction of sp³-hybridized carbons (Fsp3) is 0.350. The van der Waals surface area contributed by atoms with Gasteiger partial charge in [-0.2, -0.15) is 0 Å². The SMILES string of the molecule is CCOC(=O)C1=C(COC(=O)CCn2ccc3ccccc32)NC(=O)NC1C. The third-order valence-electron chi connectivity index (χ3n) is 4.48. The third kappa shape index (κ3) is 4.33. The molecule has 0 aliphatic carbocycles. The van der Waals surface area contributed by atoms with Gasteiger partial charge < -0.3 is 24.7 Å². The molecule has 1 aromatic carbocycles. The Bertz CT molecular complexity index is 931. The summed E-state index contributed by atoms with van der Waals surface area (Å²) in [7, 11) is 0. The first-order valence-corrected chi connectivity index (χ1v) is 9.16. The Kier molecular flexibility index (Phi) is 5.98. The summed E-state index contributed by atoms with van der Waals surface area (Å²) >= 11 is 0. The topological polar surface area (TPSA) is 98.7 Å². The molecule has 0 spiro atoms. The number of urea groups is 1. The van der Waals surface area contributed by atoms with Crippen LogP contribution < -0.4 is 10.6 Å². The van der Waals surface area contributed by atoms with E-state index in [2.05, 4.69) is 10.6 Å². The van der Waals surface area contributed by atoms with Gasteiger partial charge in [-0.05, 0) is 31.4 Å². The lowest BCUT2D eigenvalue weighted by Gasteiger charge is -2.26. The van der Waals surface area contributed by atoms with E-state index in [-0.39, 0.29) is 30.9 Å². The molecular formula is C20H23N3O5. The predicted molar refractivity (Wildman–Crippen MR) is 102 cm³/mol. The standard InChI is InChI=1S/C20H23N3O5/c1-3-27-19(25)18-13(2)21-20(26)22-15(18)12-28-17(24)9-11-23-10-8-14-6-4-5-7-16(14)23/h4-8,10,13H,3,9,11-12H2,1-2H3,(H2,21,22,26). The first-order chi connectivity index (χ1) is 13.5. The molecule has 0 radical (unpaired) electrons. The molecule has 0 fully saturated rings. The smallest absolute Gasteiger partial charge is 0.338 e. The van der Waals surface area contributed by atoms with E-state index in [0.717, 1.165) is 10.9 Å². The van der Waals surface area contributed by atoms with E-state index in [9.17, 15) is 14.4 Å². The molecule has 1 aromatic heterocycles. The molecular weight excluding hydrogens is 362 g/mol. The van der Waals surface area contributed by atoms with Gasteiger partial charge in [0.15, 0.2) is 0 Å². The summed E-state index contributed by atoms with van der Waals surface area (Å²) < 4.78 is 12.3. The minimum atomic E-state index is -0.549. The van der Waals surface area contributed by atoms with E-state index in [4.69, 9.17) is 9.47 Å². The van der Waals surface area contributed by atoms with Crippen molar-refractivity contribution in [1.82, 2.24) is 15.2 Å². The van der Waals surface area contributed by atoms with E-state index in [1.165, 1.54) is 0 Å². The number of hydrogen-bond acceptors (Lipinski definition) is 5. The molecule has 0 saturated carbocycles. The normalized spacial score (nSPS) is 16.5. The second-order valence-electron chi connectivity index (χ2n) is 6.41. The molecule has 3 rings (SSSR count). The van der Waals surface area contributed by atoms with Crippen molar-refractivity contribution in [2.24, 2.45) is 0 Å². The number of aryl methyl sites for hydroxylation is 1. The lowest BCUT2D eigenvalue weighted by atomic mass is 10.0. The molecule has 2 heterocycles. The van der Waals surface area contributed by atoms with Gasteiger partial charge in [0.25, 0.3) is 0 Å². The predicted octanol–water partition coefficient (Wildman–Crippen LogP) is 2.09. The number of rotatable bonds is 7. The molecule has 8 nitrogen and oxygen atoms in total. The van der Waals surface area contributed by atoms with Crippen LogP contribution in [0.4, 0.5) is 4.79 Å². The van der Waals surface area contributed by atoms with Crippen LogP contribution in [0.1, 0.15) is 20.3 Å². The summed E-state index contributed by atoms with van der Waals surface area (Å²) in [5, 5.41) is 6.23. The highest BCUT2D eigenvalue weighted by Gasteiger charge is 2.30.